The third-order valence-corrected chi connectivity index (χ3v) is 5.53. The number of hydrogen-bond acceptors (Lipinski definition) is 4. The Hall–Kier alpha value is -2.22. The van der Waals surface area contributed by atoms with Gasteiger partial charge in [0.25, 0.3) is 5.91 Å². The lowest BCUT2D eigenvalue weighted by atomic mass is 10.1. The summed E-state index contributed by atoms with van der Waals surface area (Å²) < 4.78 is 32.1. The summed E-state index contributed by atoms with van der Waals surface area (Å²) in [5, 5.41) is 0. The number of ether oxygens (including phenoxy) is 1. The smallest absolute Gasteiger partial charge is 0.254 e. The molecule has 2 aromatic carbocycles. The van der Waals surface area contributed by atoms with Gasteiger partial charge in [0.1, 0.15) is 0 Å². The molecule has 7 heteroatoms. The predicted octanol–water partition coefficient (Wildman–Crippen LogP) is 2.66. The molecule has 0 aliphatic heterocycles. The van der Waals surface area contributed by atoms with E-state index in [1.165, 1.54) is 19.2 Å². The molecule has 2 rings (SSSR count). The molecule has 0 aromatic heterocycles. The Morgan fingerprint density at radius 2 is 1.81 bits per heavy atom. The largest absolute Gasteiger partial charge is 0.383 e. The average Bonchev–Trinajstić information content (AvgIpc) is 2.66. The summed E-state index contributed by atoms with van der Waals surface area (Å²) in [4.78, 5) is 14.8. The highest BCUT2D eigenvalue weighted by Crippen LogP contribution is 2.17. The first-order chi connectivity index (χ1) is 12.8. The number of hydrogen-bond donors (Lipinski definition) is 1. The molecule has 0 radical (unpaired) electrons. The zero-order valence-corrected chi connectivity index (χ0v) is 16.7. The van der Waals surface area contributed by atoms with Crippen molar-refractivity contribution in [3.8, 4) is 0 Å². The van der Waals surface area contributed by atoms with Crippen molar-refractivity contribution in [3.05, 3.63) is 65.7 Å². The van der Waals surface area contributed by atoms with Gasteiger partial charge in [-0.25, -0.2) is 13.1 Å². The SMILES string of the molecule is COCCNS(=O)(=O)c1cccc(C(=O)N(Cc2ccccc2)C(C)C)c1. The summed E-state index contributed by atoms with van der Waals surface area (Å²) in [5.74, 6) is -0.206. The van der Waals surface area contributed by atoms with Gasteiger partial charge in [-0.1, -0.05) is 36.4 Å². The zero-order chi connectivity index (χ0) is 19.9. The van der Waals surface area contributed by atoms with E-state index in [0.717, 1.165) is 5.56 Å². The van der Waals surface area contributed by atoms with E-state index in [2.05, 4.69) is 4.72 Å². The van der Waals surface area contributed by atoms with Gasteiger partial charge in [0, 0.05) is 31.8 Å². The van der Waals surface area contributed by atoms with Crippen LogP contribution in [0.4, 0.5) is 0 Å². The molecule has 0 spiro atoms. The Bertz CT molecular complexity index is 851. The Morgan fingerprint density at radius 3 is 2.44 bits per heavy atom. The quantitative estimate of drug-likeness (QED) is 0.668. The number of sulfonamides is 1. The molecule has 0 heterocycles. The van der Waals surface area contributed by atoms with Crippen molar-refractivity contribution < 1.29 is 17.9 Å². The fourth-order valence-electron chi connectivity index (χ4n) is 2.59. The molecular formula is C20H26N2O4S. The zero-order valence-electron chi connectivity index (χ0n) is 15.9. The fourth-order valence-corrected chi connectivity index (χ4v) is 3.65. The van der Waals surface area contributed by atoms with E-state index < -0.39 is 10.0 Å². The normalized spacial score (nSPS) is 11.6. The van der Waals surface area contributed by atoms with Crippen molar-refractivity contribution in [2.75, 3.05) is 20.3 Å². The van der Waals surface area contributed by atoms with Crippen molar-refractivity contribution in [1.82, 2.24) is 9.62 Å². The van der Waals surface area contributed by atoms with Crippen LogP contribution in [0.5, 0.6) is 0 Å². The predicted molar refractivity (Wildman–Crippen MR) is 105 cm³/mol. The monoisotopic (exact) mass is 390 g/mol. The molecule has 27 heavy (non-hydrogen) atoms. The second kappa shape index (κ2) is 9.64. The maximum Gasteiger partial charge on any atom is 0.254 e. The maximum absolute atomic E-state index is 13.0. The van der Waals surface area contributed by atoms with Crippen molar-refractivity contribution >= 4 is 15.9 Å². The topological polar surface area (TPSA) is 75.7 Å². The number of rotatable bonds is 9. The summed E-state index contributed by atoms with van der Waals surface area (Å²) in [6.07, 6.45) is 0. The average molecular weight is 391 g/mol. The lowest BCUT2D eigenvalue weighted by Gasteiger charge is -2.27. The number of nitrogens with one attached hydrogen (secondary N) is 1. The van der Waals surface area contributed by atoms with E-state index in [1.807, 2.05) is 44.2 Å². The maximum atomic E-state index is 13.0. The highest BCUT2D eigenvalue weighted by atomic mass is 32.2. The van der Waals surface area contributed by atoms with Gasteiger partial charge in [0.2, 0.25) is 10.0 Å². The fraction of sp³-hybridized carbons (Fsp3) is 0.350. The van der Waals surface area contributed by atoms with Crippen LogP contribution in [0.15, 0.2) is 59.5 Å². The van der Waals surface area contributed by atoms with Gasteiger partial charge in [0.15, 0.2) is 0 Å². The van der Waals surface area contributed by atoms with E-state index >= 15 is 0 Å². The summed E-state index contributed by atoms with van der Waals surface area (Å²) in [6.45, 7) is 4.78. The third kappa shape index (κ3) is 5.89. The number of nitrogens with zero attached hydrogens (tertiary/aromatic N) is 1. The molecule has 0 saturated carbocycles. The summed E-state index contributed by atoms with van der Waals surface area (Å²) in [6, 6.07) is 15.8. The van der Waals surface area contributed by atoms with Gasteiger partial charge in [-0.3, -0.25) is 4.79 Å². The van der Waals surface area contributed by atoms with Crippen LogP contribution < -0.4 is 4.72 Å². The first-order valence-electron chi connectivity index (χ1n) is 8.78. The van der Waals surface area contributed by atoms with Gasteiger partial charge < -0.3 is 9.64 Å². The van der Waals surface area contributed by atoms with Crippen molar-refractivity contribution in [2.45, 2.75) is 31.3 Å². The highest BCUT2D eigenvalue weighted by molar-refractivity contribution is 7.89. The molecule has 0 atom stereocenters. The highest BCUT2D eigenvalue weighted by Gasteiger charge is 2.21. The summed E-state index contributed by atoms with van der Waals surface area (Å²) in [5.41, 5.74) is 1.36. The number of benzene rings is 2. The van der Waals surface area contributed by atoms with Gasteiger partial charge in [0.05, 0.1) is 11.5 Å². The number of methoxy groups -OCH3 is 1. The van der Waals surface area contributed by atoms with Gasteiger partial charge in [-0.15, -0.1) is 0 Å². The molecule has 0 aliphatic carbocycles. The van der Waals surface area contributed by atoms with Crippen LogP contribution in [0.1, 0.15) is 29.8 Å². The minimum atomic E-state index is -3.69. The van der Waals surface area contributed by atoms with Crippen LogP contribution in [0.25, 0.3) is 0 Å². The lowest BCUT2D eigenvalue weighted by molar-refractivity contribution is 0.0690. The van der Waals surface area contributed by atoms with Gasteiger partial charge >= 0.3 is 0 Å². The molecule has 0 bridgehead atoms. The molecule has 0 fully saturated rings. The minimum absolute atomic E-state index is 0.0298. The van der Waals surface area contributed by atoms with Crippen molar-refractivity contribution in [2.24, 2.45) is 0 Å². The molecule has 0 aliphatic rings. The minimum Gasteiger partial charge on any atom is -0.383 e. The first-order valence-corrected chi connectivity index (χ1v) is 10.3. The van der Waals surface area contributed by atoms with Crippen LogP contribution in [-0.2, 0) is 21.3 Å². The second-order valence-electron chi connectivity index (χ2n) is 6.43. The van der Waals surface area contributed by atoms with Crippen LogP contribution in [-0.4, -0.2) is 45.5 Å². The van der Waals surface area contributed by atoms with Crippen LogP contribution in [0, 0.1) is 0 Å². The van der Waals surface area contributed by atoms with E-state index in [4.69, 9.17) is 4.74 Å². The summed E-state index contributed by atoms with van der Waals surface area (Å²) in [7, 11) is -2.19. The molecule has 2 aromatic rings. The first kappa shape index (κ1) is 21.1. The Kier molecular flexibility index (Phi) is 7.53. The van der Waals surface area contributed by atoms with Gasteiger partial charge in [-0.2, -0.15) is 0 Å². The molecule has 6 nitrogen and oxygen atoms in total. The van der Waals surface area contributed by atoms with E-state index in [9.17, 15) is 13.2 Å². The third-order valence-electron chi connectivity index (χ3n) is 4.07. The molecule has 0 unspecified atom stereocenters. The van der Waals surface area contributed by atoms with Crippen molar-refractivity contribution in [3.63, 3.8) is 0 Å². The van der Waals surface area contributed by atoms with Crippen LogP contribution in [0.2, 0.25) is 0 Å². The molecule has 1 amide bonds. The van der Waals surface area contributed by atoms with E-state index in [1.54, 1.807) is 17.0 Å². The van der Waals surface area contributed by atoms with Crippen LogP contribution in [0.3, 0.4) is 0 Å². The van der Waals surface area contributed by atoms with E-state index in [0.29, 0.717) is 12.1 Å². The Labute approximate surface area is 161 Å². The van der Waals surface area contributed by atoms with Gasteiger partial charge in [-0.05, 0) is 37.6 Å². The lowest BCUT2D eigenvalue weighted by Crippen LogP contribution is -2.36. The Morgan fingerprint density at radius 1 is 1.11 bits per heavy atom. The number of amides is 1. The summed E-state index contributed by atoms with van der Waals surface area (Å²) >= 11 is 0. The molecule has 146 valence electrons. The van der Waals surface area contributed by atoms with E-state index in [-0.39, 0.29) is 30.0 Å². The second-order valence-corrected chi connectivity index (χ2v) is 8.20. The number of carbonyl (C=O) groups is 1. The van der Waals surface area contributed by atoms with Crippen molar-refractivity contribution in [1.29, 1.82) is 0 Å². The Balaban J connectivity index is 2.24. The molecule has 1 N–H and O–H groups in total. The standard InChI is InChI=1S/C20H26N2O4S/c1-16(2)22(15-17-8-5-4-6-9-17)20(23)18-10-7-11-19(14-18)27(24,25)21-12-13-26-3/h4-11,14,16,21H,12-13,15H2,1-3H3. The van der Waals surface area contributed by atoms with Crippen LogP contribution >= 0.6 is 0 Å². The molecular weight excluding hydrogens is 364 g/mol. The molecule has 0 saturated heterocycles. The number of carbonyl (C=O) groups excluding carboxylic acids is 1.